The Hall–Kier alpha value is -3.52. The zero-order chi connectivity index (χ0) is 22.4. The number of nitrogens with one attached hydrogen (secondary N) is 1. The lowest BCUT2D eigenvalue weighted by Crippen LogP contribution is -2.12. The van der Waals surface area contributed by atoms with Crippen LogP contribution in [0.25, 0.3) is 5.69 Å². The molecule has 1 aromatic heterocycles. The molecule has 0 unspecified atom stereocenters. The number of carbonyl (C=O) groups excluding carboxylic acids is 2. The Bertz CT molecular complexity index is 1080. The molecule has 0 aliphatic carbocycles. The molecule has 1 amide bonds. The summed E-state index contributed by atoms with van der Waals surface area (Å²) in [6, 6.07) is 11.7. The van der Waals surface area contributed by atoms with Crippen LogP contribution in [-0.4, -0.2) is 42.0 Å². The van der Waals surface area contributed by atoms with Crippen LogP contribution in [0.5, 0.6) is 11.5 Å². The number of aromatic nitrogens is 2. The fourth-order valence-electron chi connectivity index (χ4n) is 2.82. The monoisotopic (exact) mass is 443 g/mol. The van der Waals surface area contributed by atoms with Crippen molar-refractivity contribution in [3.05, 3.63) is 64.9 Å². The maximum Gasteiger partial charge on any atom is 0.358 e. The lowest BCUT2D eigenvalue weighted by atomic mass is 10.1. The predicted octanol–water partition coefficient (Wildman–Crippen LogP) is 4.36. The van der Waals surface area contributed by atoms with Gasteiger partial charge in [-0.2, -0.15) is 5.10 Å². The molecule has 3 aromatic rings. The lowest BCUT2D eigenvalue weighted by Gasteiger charge is -2.13. The maximum absolute atomic E-state index is 12.7. The van der Waals surface area contributed by atoms with Crippen LogP contribution >= 0.6 is 11.6 Å². The molecule has 9 heteroatoms. The molecule has 0 radical (unpaired) electrons. The quantitative estimate of drug-likeness (QED) is 0.520. The second-order valence-corrected chi connectivity index (χ2v) is 6.70. The molecule has 162 valence electrons. The molecule has 8 nitrogen and oxygen atoms in total. The summed E-state index contributed by atoms with van der Waals surface area (Å²) < 4.78 is 17.2. The number of nitrogens with zero attached hydrogens (tertiary/aromatic N) is 2. The van der Waals surface area contributed by atoms with E-state index in [9.17, 15) is 9.59 Å². The fraction of sp³-hybridized carbons (Fsp3) is 0.227. The van der Waals surface area contributed by atoms with E-state index in [0.717, 1.165) is 5.69 Å². The average Bonchev–Trinajstić information content (AvgIpc) is 3.26. The van der Waals surface area contributed by atoms with Crippen LogP contribution in [0, 0.1) is 0 Å². The Morgan fingerprint density at radius 2 is 1.84 bits per heavy atom. The number of hydrogen-bond acceptors (Lipinski definition) is 6. The van der Waals surface area contributed by atoms with Gasteiger partial charge in [0.05, 0.1) is 31.0 Å². The van der Waals surface area contributed by atoms with E-state index in [0.29, 0.717) is 29.4 Å². The Balaban J connectivity index is 1.73. The van der Waals surface area contributed by atoms with Crippen molar-refractivity contribution in [3.8, 4) is 17.2 Å². The standard InChI is InChI=1S/C22H22ClN3O5/c1-4-30-20-17(23)12-14(13-19(20)29-3)21(27)24-15-6-8-16(9-7-15)26-11-10-18(25-26)22(28)31-5-2/h6-13H,4-5H2,1-3H3,(H,24,27). The highest BCUT2D eigenvalue weighted by Gasteiger charge is 2.16. The number of hydrogen-bond donors (Lipinski definition) is 1. The van der Waals surface area contributed by atoms with Crippen molar-refractivity contribution in [3.63, 3.8) is 0 Å². The summed E-state index contributed by atoms with van der Waals surface area (Å²) in [4.78, 5) is 24.4. The first-order valence-electron chi connectivity index (χ1n) is 9.61. The molecule has 0 saturated carbocycles. The highest BCUT2D eigenvalue weighted by Crippen LogP contribution is 2.36. The third-order valence-corrected chi connectivity index (χ3v) is 4.52. The molecule has 0 atom stereocenters. The Morgan fingerprint density at radius 1 is 1.10 bits per heavy atom. The largest absolute Gasteiger partial charge is 0.493 e. The molecular weight excluding hydrogens is 422 g/mol. The zero-order valence-corrected chi connectivity index (χ0v) is 18.1. The molecule has 0 saturated heterocycles. The number of halogens is 1. The van der Waals surface area contributed by atoms with Crippen LogP contribution in [0.4, 0.5) is 5.69 Å². The molecule has 3 rings (SSSR count). The minimum absolute atomic E-state index is 0.223. The SMILES string of the molecule is CCOC(=O)c1ccn(-c2ccc(NC(=O)c3cc(Cl)c(OCC)c(OC)c3)cc2)n1. The van der Waals surface area contributed by atoms with Crippen LogP contribution in [0.2, 0.25) is 5.02 Å². The summed E-state index contributed by atoms with van der Waals surface area (Å²) in [7, 11) is 1.48. The van der Waals surface area contributed by atoms with Crippen LogP contribution in [-0.2, 0) is 4.74 Å². The van der Waals surface area contributed by atoms with Gasteiger partial charge < -0.3 is 19.5 Å². The molecule has 0 bridgehead atoms. The normalized spacial score (nSPS) is 10.5. The van der Waals surface area contributed by atoms with Gasteiger partial charge in [0.15, 0.2) is 17.2 Å². The van der Waals surface area contributed by atoms with Gasteiger partial charge in [-0.1, -0.05) is 11.6 Å². The summed E-state index contributed by atoms with van der Waals surface area (Å²) in [6.07, 6.45) is 1.66. The van der Waals surface area contributed by atoms with Crippen LogP contribution < -0.4 is 14.8 Å². The van der Waals surface area contributed by atoms with Gasteiger partial charge in [-0.3, -0.25) is 4.79 Å². The van der Waals surface area contributed by atoms with E-state index in [1.165, 1.54) is 13.2 Å². The number of esters is 1. The van der Waals surface area contributed by atoms with Gasteiger partial charge in [0.2, 0.25) is 0 Å². The Morgan fingerprint density at radius 3 is 2.48 bits per heavy atom. The summed E-state index contributed by atoms with van der Waals surface area (Å²) in [5, 5.41) is 7.30. The number of anilines is 1. The van der Waals surface area contributed by atoms with E-state index < -0.39 is 5.97 Å². The minimum atomic E-state index is -0.477. The number of amides is 1. The van der Waals surface area contributed by atoms with Gasteiger partial charge in [0.1, 0.15) is 0 Å². The van der Waals surface area contributed by atoms with E-state index in [-0.39, 0.29) is 23.2 Å². The third kappa shape index (κ3) is 5.16. The molecule has 1 heterocycles. The zero-order valence-electron chi connectivity index (χ0n) is 17.3. The maximum atomic E-state index is 12.7. The fourth-order valence-corrected chi connectivity index (χ4v) is 3.08. The molecular formula is C22H22ClN3O5. The minimum Gasteiger partial charge on any atom is -0.493 e. The van der Waals surface area contributed by atoms with Gasteiger partial charge in [-0.25, -0.2) is 9.48 Å². The second kappa shape index (κ2) is 9.99. The number of methoxy groups -OCH3 is 1. The molecule has 0 fully saturated rings. The Kier molecular flexibility index (Phi) is 7.15. The summed E-state index contributed by atoms with van der Waals surface area (Å²) in [6.45, 7) is 4.28. The van der Waals surface area contributed by atoms with Gasteiger partial charge in [-0.15, -0.1) is 0 Å². The number of ether oxygens (including phenoxy) is 3. The van der Waals surface area contributed by atoms with Crippen LogP contribution in [0.1, 0.15) is 34.7 Å². The second-order valence-electron chi connectivity index (χ2n) is 6.29. The highest BCUT2D eigenvalue weighted by molar-refractivity contribution is 6.32. The van der Waals surface area contributed by atoms with E-state index in [2.05, 4.69) is 10.4 Å². The third-order valence-electron chi connectivity index (χ3n) is 4.24. The summed E-state index contributed by atoms with van der Waals surface area (Å²) in [5.74, 6) is -0.0471. The number of benzene rings is 2. The van der Waals surface area contributed by atoms with Gasteiger partial charge >= 0.3 is 5.97 Å². The van der Waals surface area contributed by atoms with Crippen molar-refractivity contribution in [1.29, 1.82) is 0 Å². The van der Waals surface area contributed by atoms with Crippen LogP contribution in [0.15, 0.2) is 48.7 Å². The van der Waals surface area contributed by atoms with Crippen molar-refractivity contribution < 1.29 is 23.8 Å². The summed E-state index contributed by atoms with van der Waals surface area (Å²) in [5.41, 5.74) is 1.86. The van der Waals surface area contributed by atoms with Crippen molar-refractivity contribution in [2.24, 2.45) is 0 Å². The van der Waals surface area contributed by atoms with Crippen molar-refractivity contribution >= 4 is 29.2 Å². The molecule has 31 heavy (non-hydrogen) atoms. The van der Waals surface area contributed by atoms with E-state index in [4.69, 9.17) is 25.8 Å². The van der Waals surface area contributed by atoms with Gasteiger partial charge in [-0.05, 0) is 56.3 Å². The smallest absolute Gasteiger partial charge is 0.358 e. The number of carbonyl (C=O) groups is 2. The van der Waals surface area contributed by atoms with Crippen molar-refractivity contribution in [2.45, 2.75) is 13.8 Å². The van der Waals surface area contributed by atoms with Crippen molar-refractivity contribution in [2.75, 3.05) is 25.6 Å². The van der Waals surface area contributed by atoms with Gasteiger partial charge in [0.25, 0.3) is 5.91 Å². The molecule has 0 aliphatic rings. The molecule has 0 aliphatic heterocycles. The van der Waals surface area contributed by atoms with E-state index >= 15 is 0 Å². The molecule has 2 aromatic carbocycles. The van der Waals surface area contributed by atoms with E-state index in [1.807, 2.05) is 6.92 Å². The highest BCUT2D eigenvalue weighted by atomic mass is 35.5. The van der Waals surface area contributed by atoms with Gasteiger partial charge in [0, 0.05) is 17.4 Å². The predicted molar refractivity (Wildman–Crippen MR) is 117 cm³/mol. The first-order chi connectivity index (χ1) is 15.0. The molecule has 1 N–H and O–H groups in total. The van der Waals surface area contributed by atoms with Crippen LogP contribution in [0.3, 0.4) is 0 Å². The first kappa shape index (κ1) is 22.2. The lowest BCUT2D eigenvalue weighted by molar-refractivity contribution is 0.0519. The number of rotatable bonds is 8. The topological polar surface area (TPSA) is 91.7 Å². The molecule has 0 spiro atoms. The van der Waals surface area contributed by atoms with Crippen molar-refractivity contribution in [1.82, 2.24) is 9.78 Å². The average molecular weight is 444 g/mol. The summed E-state index contributed by atoms with van der Waals surface area (Å²) >= 11 is 6.24. The van der Waals surface area contributed by atoms with E-state index in [1.54, 1.807) is 54.2 Å². The Labute approximate surface area is 184 Å². The first-order valence-corrected chi connectivity index (χ1v) is 9.99.